The van der Waals surface area contributed by atoms with Crippen LogP contribution in [-0.4, -0.2) is 41.6 Å². The highest BCUT2D eigenvalue weighted by Crippen LogP contribution is 2.71. The topological polar surface area (TPSA) is 57.2 Å². The van der Waals surface area contributed by atoms with Gasteiger partial charge in [0.15, 0.2) is 5.79 Å². The van der Waals surface area contributed by atoms with Crippen LogP contribution in [0.1, 0.15) is 147 Å². The quantitative estimate of drug-likeness (QED) is 0.295. The lowest BCUT2D eigenvalue weighted by Gasteiger charge is -2.61. The summed E-state index contributed by atoms with van der Waals surface area (Å²) in [7, 11) is 0. The Morgan fingerprint density at radius 1 is 0.720 bits per heavy atom. The van der Waals surface area contributed by atoms with E-state index in [0.29, 0.717) is 41.1 Å². The molecule has 1 aromatic carbocycles. The zero-order chi connectivity index (χ0) is 34.0. The number of fused-ring (bicyclic) bond motifs is 13. The van der Waals surface area contributed by atoms with Crippen LogP contribution < -0.4 is 4.74 Å². The van der Waals surface area contributed by atoms with E-state index in [2.05, 4.69) is 46.8 Å². The fourth-order valence-electron chi connectivity index (χ4n) is 16.3. The van der Waals surface area contributed by atoms with Gasteiger partial charge in [0.05, 0.1) is 24.9 Å². The van der Waals surface area contributed by atoms with E-state index in [0.717, 1.165) is 68.1 Å². The van der Waals surface area contributed by atoms with Crippen LogP contribution >= 0.6 is 0 Å². The van der Waals surface area contributed by atoms with E-state index < -0.39 is 5.79 Å². The summed E-state index contributed by atoms with van der Waals surface area (Å²) in [5.41, 5.74) is 5.28. The second-order valence-electron chi connectivity index (χ2n) is 21.0. The second kappa shape index (κ2) is 10.5. The van der Waals surface area contributed by atoms with E-state index in [1.54, 1.807) is 5.56 Å². The van der Waals surface area contributed by atoms with Gasteiger partial charge in [0.25, 0.3) is 0 Å². The summed E-state index contributed by atoms with van der Waals surface area (Å²) in [5, 5.41) is 10.9. The highest BCUT2D eigenvalue weighted by Gasteiger charge is 2.70. The molecule has 0 amide bonds. The number of hydrogen-bond donors (Lipinski definition) is 1. The average molecular weight is 685 g/mol. The van der Waals surface area contributed by atoms with Crippen LogP contribution in [0.15, 0.2) is 12.1 Å². The van der Waals surface area contributed by atoms with Gasteiger partial charge in [0.2, 0.25) is 5.79 Å². The maximum Gasteiger partial charge on any atom is 0.215 e. The number of hydrogen-bond acceptors (Lipinski definition) is 5. The monoisotopic (exact) mass is 684 g/mol. The molecule has 10 aliphatic rings. The molecule has 6 aliphatic carbocycles. The SMILES string of the molecule is CC1CC[C@@]2(OC1)O[C@H]1CC3C4CC[C@@H]5O[C@@]6(CC[C@]5(C)C4CC[C@]3(C)[C@H]1[C@@H]2C)Cc1cc2c(cc1O6)CCC1C2CC[C@@]2(C)C1CC[C@@H]2O. The van der Waals surface area contributed by atoms with Crippen LogP contribution in [0.25, 0.3) is 0 Å². The van der Waals surface area contributed by atoms with Gasteiger partial charge in [-0.1, -0.05) is 40.7 Å². The van der Waals surface area contributed by atoms with Gasteiger partial charge in [0, 0.05) is 30.7 Å². The third-order valence-corrected chi connectivity index (χ3v) is 19.1. The van der Waals surface area contributed by atoms with E-state index in [9.17, 15) is 5.11 Å². The standard InChI is InChI=1S/C45H64O5/c1-25-12-17-45(47-24-25)26(2)40-37(49-45)22-35-31-8-11-39-42(4,34(31)14-16-43(35,40)5)18-19-44(50-39)23-28-20-32-27(21-36(28)48-44)6-7-30-29(32)13-15-41(3)33(30)9-10-38(41)46/h20-21,25-26,29-31,33-35,37-40,46H,6-19,22-24H2,1-5H3/t25?,26-,29?,30?,31?,33?,34?,35?,37-,38-,39-,40-,41-,42+,43-,44-,45+/m0/s1. The molecule has 7 unspecified atom stereocenters. The highest BCUT2D eigenvalue weighted by molar-refractivity contribution is 5.49. The van der Waals surface area contributed by atoms with Gasteiger partial charge in [-0.3, -0.25) is 0 Å². The minimum atomic E-state index is -0.480. The van der Waals surface area contributed by atoms with Crippen molar-refractivity contribution < 1.29 is 24.1 Å². The first-order chi connectivity index (χ1) is 24.0. The Labute approximate surface area is 301 Å². The molecule has 1 N–H and O–H groups in total. The largest absolute Gasteiger partial charge is 0.462 e. The minimum absolute atomic E-state index is 0.103. The fourth-order valence-corrected chi connectivity index (χ4v) is 16.3. The molecular weight excluding hydrogens is 620 g/mol. The van der Waals surface area contributed by atoms with Gasteiger partial charge >= 0.3 is 0 Å². The predicted octanol–water partition coefficient (Wildman–Crippen LogP) is 9.36. The van der Waals surface area contributed by atoms with Crippen LogP contribution in [0.5, 0.6) is 5.75 Å². The Balaban J connectivity index is 0.805. The lowest BCUT2D eigenvalue weighted by atomic mass is 9.47. The molecule has 11 rings (SSSR count). The molecule has 0 aromatic heterocycles. The van der Waals surface area contributed by atoms with Gasteiger partial charge in [-0.05, 0) is 164 Å². The number of aliphatic hydroxyl groups excluding tert-OH is 1. The molecule has 5 nitrogen and oxygen atoms in total. The van der Waals surface area contributed by atoms with Crippen molar-refractivity contribution in [2.24, 2.45) is 63.6 Å². The molecule has 3 saturated heterocycles. The molecule has 17 atom stereocenters. The molecule has 50 heavy (non-hydrogen) atoms. The van der Waals surface area contributed by atoms with Gasteiger partial charge in [-0.2, -0.15) is 0 Å². The molecule has 5 heteroatoms. The van der Waals surface area contributed by atoms with E-state index in [1.165, 1.54) is 81.8 Å². The molecule has 0 bridgehead atoms. The summed E-state index contributed by atoms with van der Waals surface area (Å²) >= 11 is 0. The van der Waals surface area contributed by atoms with Crippen LogP contribution in [0.4, 0.5) is 0 Å². The van der Waals surface area contributed by atoms with Crippen molar-refractivity contribution >= 4 is 0 Å². The number of benzene rings is 1. The predicted molar refractivity (Wildman–Crippen MR) is 193 cm³/mol. The fraction of sp³-hybridized carbons (Fsp3) is 0.867. The first kappa shape index (κ1) is 32.3. The third kappa shape index (κ3) is 4.11. The van der Waals surface area contributed by atoms with E-state index >= 15 is 0 Å². The van der Waals surface area contributed by atoms with Crippen molar-refractivity contribution in [2.45, 2.75) is 173 Å². The molecule has 5 saturated carbocycles. The summed E-state index contributed by atoms with van der Waals surface area (Å²) in [6.45, 7) is 13.3. The molecule has 8 fully saturated rings. The van der Waals surface area contributed by atoms with Crippen molar-refractivity contribution in [3.63, 3.8) is 0 Å². The van der Waals surface area contributed by atoms with Crippen molar-refractivity contribution in [2.75, 3.05) is 6.61 Å². The Kier molecular flexibility index (Phi) is 6.81. The van der Waals surface area contributed by atoms with Gasteiger partial charge in [-0.25, -0.2) is 0 Å². The molecule has 1 aromatic rings. The van der Waals surface area contributed by atoms with Crippen LogP contribution in [0.2, 0.25) is 0 Å². The van der Waals surface area contributed by atoms with Crippen molar-refractivity contribution in [1.29, 1.82) is 0 Å². The second-order valence-corrected chi connectivity index (χ2v) is 21.0. The van der Waals surface area contributed by atoms with E-state index in [-0.39, 0.29) is 28.8 Å². The average Bonchev–Trinajstić information content (AvgIpc) is 3.78. The lowest BCUT2D eigenvalue weighted by molar-refractivity contribution is -0.292. The smallest absolute Gasteiger partial charge is 0.215 e. The van der Waals surface area contributed by atoms with E-state index in [4.69, 9.17) is 18.9 Å². The maximum atomic E-state index is 10.9. The molecular formula is C45H64O5. The summed E-state index contributed by atoms with van der Waals surface area (Å²) in [6.07, 6.45) is 19.5. The van der Waals surface area contributed by atoms with Gasteiger partial charge in [-0.15, -0.1) is 0 Å². The molecule has 274 valence electrons. The van der Waals surface area contributed by atoms with Crippen molar-refractivity contribution in [3.8, 4) is 5.75 Å². The van der Waals surface area contributed by atoms with Crippen LogP contribution in [0, 0.1) is 63.6 Å². The Bertz CT molecular complexity index is 1560. The lowest BCUT2D eigenvalue weighted by Crippen LogP contribution is -2.60. The van der Waals surface area contributed by atoms with Crippen LogP contribution in [0.3, 0.4) is 0 Å². The summed E-state index contributed by atoms with van der Waals surface area (Å²) in [5.74, 6) is 6.45. The Morgan fingerprint density at radius 2 is 1.56 bits per heavy atom. The van der Waals surface area contributed by atoms with E-state index in [1.807, 2.05) is 0 Å². The Hall–Kier alpha value is -1.14. The van der Waals surface area contributed by atoms with Crippen LogP contribution in [-0.2, 0) is 27.1 Å². The number of rotatable bonds is 0. The normalized spacial score (nSPS) is 57.2. The minimum Gasteiger partial charge on any atom is -0.462 e. The van der Waals surface area contributed by atoms with Gasteiger partial charge in [0.1, 0.15) is 5.75 Å². The molecule has 4 heterocycles. The zero-order valence-electron chi connectivity index (χ0n) is 31.7. The molecule has 4 aliphatic heterocycles. The Morgan fingerprint density at radius 3 is 2.40 bits per heavy atom. The summed E-state index contributed by atoms with van der Waals surface area (Å²) in [4.78, 5) is 0. The summed E-state index contributed by atoms with van der Waals surface area (Å²) in [6, 6.07) is 5.01. The summed E-state index contributed by atoms with van der Waals surface area (Å²) < 4.78 is 28.0. The molecule has 0 radical (unpaired) electrons. The van der Waals surface area contributed by atoms with Crippen molar-refractivity contribution in [1.82, 2.24) is 0 Å². The first-order valence-electron chi connectivity index (χ1n) is 21.5. The van der Waals surface area contributed by atoms with Crippen molar-refractivity contribution in [3.05, 3.63) is 28.8 Å². The first-order valence-corrected chi connectivity index (χ1v) is 21.5. The highest BCUT2D eigenvalue weighted by atomic mass is 16.7. The maximum absolute atomic E-state index is 10.9. The molecule has 2 spiro atoms. The third-order valence-electron chi connectivity index (χ3n) is 19.1. The zero-order valence-corrected chi connectivity index (χ0v) is 31.7. The number of aliphatic hydroxyl groups is 1. The van der Waals surface area contributed by atoms with Gasteiger partial charge < -0.3 is 24.1 Å². The number of ether oxygens (including phenoxy) is 4. The number of aryl methyl sites for hydroxylation is 1.